The van der Waals surface area contributed by atoms with Crippen LogP contribution in [0.1, 0.15) is 28.4 Å². The summed E-state index contributed by atoms with van der Waals surface area (Å²) in [5.41, 5.74) is 7.91. The summed E-state index contributed by atoms with van der Waals surface area (Å²) in [5.74, 6) is -0.725. The van der Waals surface area contributed by atoms with Gasteiger partial charge in [-0.05, 0) is 56.7 Å². The second-order valence-electron chi connectivity index (χ2n) is 7.82. The lowest BCUT2D eigenvalue weighted by Gasteiger charge is -2.36. The number of hydrogen-bond donors (Lipinski definition) is 2. The van der Waals surface area contributed by atoms with Gasteiger partial charge in [0.25, 0.3) is 0 Å². The van der Waals surface area contributed by atoms with E-state index < -0.39 is 22.0 Å². The number of piperazine rings is 1. The Balaban J connectivity index is 1.60. The van der Waals surface area contributed by atoms with E-state index in [-0.39, 0.29) is 5.91 Å². The molecule has 0 aliphatic carbocycles. The summed E-state index contributed by atoms with van der Waals surface area (Å²) in [6.45, 7) is 7.08. The minimum atomic E-state index is -3.57. The molecule has 0 spiro atoms. The standard InChI is InChI=1S/C22H28N4O4S/c1-15-4-9-20(16(2)14-15)31(29,30)26-12-10-25(11-13-26)17(3)22(28)24-19-7-5-18(6-8-19)21(23)27/h4-9,14,17H,10-13H2,1-3H3,(H2,23,27)(H,24,28)/t17-/m1/s1. The zero-order valence-electron chi connectivity index (χ0n) is 18.0. The number of rotatable bonds is 6. The van der Waals surface area contributed by atoms with Gasteiger partial charge in [-0.3, -0.25) is 14.5 Å². The molecule has 0 saturated carbocycles. The van der Waals surface area contributed by atoms with Crippen LogP contribution in [0.25, 0.3) is 0 Å². The maximum absolute atomic E-state index is 13.0. The van der Waals surface area contributed by atoms with Crippen molar-refractivity contribution in [2.75, 3.05) is 31.5 Å². The predicted octanol–water partition coefficient (Wildman–Crippen LogP) is 1.74. The highest BCUT2D eigenvalue weighted by molar-refractivity contribution is 7.89. The molecule has 0 radical (unpaired) electrons. The molecule has 166 valence electrons. The summed E-state index contributed by atoms with van der Waals surface area (Å²) in [6, 6.07) is 11.3. The molecular formula is C22H28N4O4S. The smallest absolute Gasteiger partial charge is 0.248 e. The minimum Gasteiger partial charge on any atom is -0.366 e. The van der Waals surface area contributed by atoms with Crippen molar-refractivity contribution in [2.24, 2.45) is 5.73 Å². The summed E-state index contributed by atoms with van der Waals surface area (Å²) >= 11 is 0. The van der Waals surface area contributed by atoms with Crippen molar-refractivity contribution in [2.45, 2.75) is 31.7 Å². The van der Waals surface area contributed by atoms with Crippen molar-refractivity contribution in [1.82, 2.24) is 9.21 Å². The van der Waals surface area contributed by atoms with E-state index in [1.807, 2.05) is 17.9 Å². The third-order valence-corrected chi connectivity index (χ3v) is 7.64. The van der Waals surface area contributed by atoms with Gasteiger partial charge in [0.15, 0.2) is 0 Å². The van der Waals surface area contributed by atoms with Crippen LogP contribution in [-0.4, -0.2) is 61.7 Å². The number of hydrogen-bond acceptors (Lipinski definition) is 5. The van der Waals surface area contributed by atoms with Crippen molar-refractivity contribution in [3.8, 4) is 0 Å². The van der Waals surface area contributed by atoms with Crippen LogP contribution in [-0.2, 0) is 14.8 Å². The van der Waals surface area contributed by atoms with E-state index in [4.69, 9.17) is 5.73 Å². The Morgan fingerprint density at radius 3 is 2.16 bits per heavy atom. The van der Waals surface area contributed by atoms with Crippen molar-refractivity contribution >= 4 is 27.5 Å². The predicted molar refractivity (Wildman–Crippen MR) is 119 cm³/mol. The van der Waals surface area contributed by atoms with Crippen molar-refractivity contribution in [3.63, 3.8) is 0 Å². The average molecular weight is 445 g/mol. The number of benzene rings is 2. The molecule has 9 heteroatoms. The minimum absolute atomic E-state index is 0.197. The Hall–Kier alpha value is -2.75. The number of primary amides is 1. The van der Waals surface area contributed by atoms with Crippen LogP contribution in [0.5, 0.6) is 0 Å². The number of nitrogens with zero attached hydrogens (tertiary/aromatic N) is 2. The molecule has 0 bridgehead atoms. The molecule has 2 amide bonds. The van der Waals surface area contributed by atoms with Gasteiger partial charge in [0.1, 0.15) is 0 Å². The molecule has 8 nitrogen and oxygen atoms in total. The van der Waals surface area contributed by atoms with Gasteiger partial charge in [-0.1, -0.05) is 17.7 Å². The molecule has 0 aromatic heterocycles. The van der Waals surface area contributed by atoms with Crippen LogP contribution in [0, 0.1) is 13.8 Å². The number of sulfonamides is 1. The summed E-state index contributed by atoms with van der Waals surface area (Å²) in [4.78, 5) is 26.1. The van der Waals surface area contributed by atoms with E-state index in [0.717, 1.165) is 11.1 Å². The molecule has 1 atom stereocenters. The zero-order chi connectivity index (χ0) is 22.8. The number of nitrogens with one attached hydrogen (secondary N) is 1. The highest BCUT2D eigenvalue weighted by Crippen LogP contribution is 2.23. The lowest BCUT2D eigenvalue weighted by molar-refractivity contribution is -0.121. The Kier molecular flexibility index (Phi) is 6.78. The summed E-state index contributed by atoms with van der Waals surface area (Å²) in [5, 5.41) is 2.82. The first-order valence-electron chi connectivity index (χ1n) is 10.1. The molecular weight excluding hydrogens is 416 g/mol. The van der Waals surface area contributed by atoms with E-state index in [2.05, 4.69) is 5.32 Å². The number of anilines is 1. The second-order valence-corrected chi connectivity index (χ2v) is 9.72. The Bertz CT molecular complexity index is 1080. The van der Waals surface area contributed by atoms with Crippen molar-refractivity contribution < 1.29 is 18.0 Å². The largest absolute Gasteiger partial charge is 0.366 e. The Labute approximate surface area is 183 Å². The molecule has 1 heterocycles. The van der Waals surface area contributed by atoms with Gasteiger partial charge in [-0.25, -0.2) is 8.42 Å². The van der Waals surface area contributed by atoms with Gasteiger partial charge < -0.3 is 11.1 Å². The Morgan fingerprint density at radius 1 is 1.00 bits per heavy atom. The topological polar surface area (TPSA) is 113 Å². The second kappa shape index (κ2) is 9.17. The van der Waals surface area contributed by atoms with Gasteiger partial charge in [0, 0.05) is 37.4 Å². The van der Waals surface area contributed by atoms with E-state index >= 15 is 0 Å². The highest BCUT2D eigenvalue weighted by atomic mass is 32.2. The lowest BCUT2D eigenvalue weighted by Crippen LogP contribution is -2.54. The van der Waals surface area contributed by atoms with Crippen molar-refractivity contribution in [1.29, 1.82) is 0 Å². The first kappa shape index (κ1) is 22.9. The van der Waals surface area contributed by atoms with Crippen LogP contribution in [0.3, 0.4) is 0 Å². The third-order valence-electron chi connectivity index (χ3n) is 5.59. The SMILES string of the molecule is Cc1ccc(S(=O)(=O)N2CCN([C@H](C)C(=O)Nc3ccc(C(N)=O)cc3)CC2)c(C)c1. The number of carbonyl (C=O) groups is 2. The van der Waals surface area contributed by atoms with E-state index in [1.54, 1.807) is 50.2 Å². The summed E-state index contributed by atoms with van der Waals surface area (Å²) in [7, 11) is -3.57. The van der Waals surface area contributed by atoms with E-state index in [9.17, 15) is 18.0 Å². The molecule has 3 rings (SSSR count). The molecule has 1 fully saturated rings. The highest BCUT2D eigenvalue weighted by Gasteiger charge is 2.32. The normalized spacial score (nSPS) is 16.6. The Morgan fingerprint density at radius 2 is 1.61 bits per heavy atom. The number of amides is 2. The maximum Gasteiger partial charge on any atom is 0.248 e. The summed E-state index contributed by atoms with van der Waals surface area (Å²) < 4.78 is 27.6. The van der Waals surface area contributed by atoms with Crippen LogP contribution < -0.4 is 11.1 Å². The fourth-order valence-electron chi connectivity index (χ4n) is 3.69. The van der Waals surface area contributed by atoms with Gasteiger partial charge in [-0.2, -0.15) is 4.31 Å². The molecule has 1 aliphatic rings. The first-order chi connectivity index (χ1) is 14.6. The first-order valence-corrected chi connectivity index (χ1v) is 11.6. The molecule has 1 aliphatic heterocycles. The fraction of sp³-hybridized carbons (Fsp3) is 0.364. The van der Waals surface area contributed by atoms with Crippen LogP contribution in [0.2, 0.25) is 0 Å². The van der Waals surface area contributed by atoms with E-state index in [1.165, 1.54) is 4.31 Å². The summed E-state index contributed by atoms with van der Waals surface area (Å²) in [6.07, 6.45) is 0. The van der Waals surface area contributed by atoms with Crippen molar-refractivity contribution in [3.05, 3.63) is 59.2 Å². The number of carbonyl (C=O) groups excluding carboxylic acids is 2. The van der Waals surface area contributed by atoms with Crippen LogP contribution in [0.15, 0.2) is 47.4 Å². The molecule has 2 aromatic carbocycles. The zero-order valence-corrected chi connectivity index (χ0v) is 18.8. The van der Waals surface area contributed by atoms with Crippen LogP contribution >= 0.6 is 0 Å². The molecule has 2 aromatic rings. The van der Waals surface area contributed by atoms with Gasteiger partial charge in [0.2, 0.25) is 21.8 Å². The molecule has 31 heavy (non-hydrogen) atoms. The lowest BCUT2D eigenvalue weighted by atomic mass is 10.2. The molecule has 1 saturated heterocycles. The van der Waals surface area contributed by atoms with Gasteiger partial charge in [-0.15, -0.1) is 0 Å². The van der Waals surface area contributed by atoms with Crippen LogP contribution in [0.4, 0.5) is 5.69 Å². The monoisotopic (exact) mass is 444 g/mol. The average Bonchev–Trinajstić information content (AvgIpc) is 2.73. The van der Waals surface area contributed by atoms with Gasteiger partial charge in [0.05, 0.1) is 10.9 Å². The maximum atomic E-state index is 13.0. The fourth-order valence-corrected chi connectivity index (χ4v) is 5.32. The number of nitrogens with two attached hydrogens (primary N) is 1. The van der Waals surface area contributed by atoms with Gasteiger partial charge >= 0.3 is 0 Å². The number of aryl methyl sites for hydroxylation is 2. The third kappa shape index (κ3) is 5.12. The molecule has 3 N–H and O–H groups in total. The van der Waals surface area contributed by atoms with E-state index in [0.29, 0.717) is 42.3 Å². The quantitative estimate of drug-likeness (QED) is 0.705. The molecule has 0 unspecified atom stereocenters.